The predicted octanol–water partition coefficient (Wildman–Crippen LogP) is 2.51. The molecule has 1 aromatic rings. The van der Waals surface area contributed by atoms with E-state index >= 15 is 0 Å². The zero-order valence-corrected chi connectivity index (χ0v) is 12.3. The Morgan fingerprint density at radius 2 is 1.94 bits per heavy atom. The molecule has 0 aliphatic carbocycles. The van der Waals surface area contributed by atoms with Crippen LogP contribution in [0.1, 0.15) is 20.8 Å². The van der Waals surface area contributed by atoms with Gasteiger partial charge in [0.25, 0.3) is 0 Å². The molecular formula is C12H18ClNO3S. The molecule has 0 atom stereocenters. The van der Waals surface area contributed by atoms with E-state index in [0.29, 0.717) is 5.69 Å². The van der Waals surface area contributed by atoms with Gasteiger partial charge in [0.15, 0.2) is 9.84 Å². The molecule has 0 aliphatic rings. The van der Waals surface area contributed by atoms with Crippen LogP contribution in [0.5, 0.6) is 0 Å². The number of ether oxygens (including phenoxy) is 1. The Labute approximate surface area is 113 Å². The lowest BCUT2D eigenvalue weighted by Gasteiger charge is -2.19. The summed E-state index contributed by atoms with van der Waals surface area (Å²) in [5.41, 5.74) is 5.60. The summed E-state index contributed by atoms with van der Waals surface area (Å²) in [4.78, 5) is 0.0934. The maximum atomic E-state index is 12.0. The lowest BCUT2D eigenvalue weighted by atomic mass is 10.2. The third kappa shape index (κ3) is 4.48. The van der Waals surface area contributed by atoms with Crippen LogP contribution in [-0.2, 0) is 14.6 Å². The van der Waals surface area contributed by atoms with Crippen molar-refractivity contribution in [2.45, 2.75) is 31.3 Å². The van der Waals surface area contributed by atoms with Gasteiger partial charge in [0.1, 0.15) is 0 Å². The fourth-order valence-corrected chi connectivity index (χ4v) is 3.03. The van der Waals surface area contributed by atoms with Crippen LogP contribution in [0.3, 0.4) is 0 Å². The molecule has 0 radical (unpaired) electrons. The van der Waals surface area contributed by atoms with Gasteiger partial charge in [-0.15, -0.1) is 0 Å². The largest absolute Gasteiger partial charge is 0.399 e. The van der Waals surface area contributed by atoms with E-state index in [2.05, 4.69) is 0 Å². The van der Waals surface area contributed by atoms with Gasteiger partial charge in [0.2, 0.25) is 0 Å². The second-order valence-electron chi connectivity index (χ2n) is 4.97. The first-order chi connectivity index (χ1) is 8.12. The molecule has 4 nitrogen and oxygen atoms in total. The zero-order chi connectivity index (χ0) is 14.0. The Bertz CT molecular complexity index is 521. The van der Waals surface area contributed by atoms with E-state index in [1.165, 1.54) is 18.2 Å². The minimum Gasteiger partial charge on any atom is -0.399 e. The molecule has 0 bridgehead atoms. The smallest absolute Gasteiger partial charge is 0.182 e. The van der Waals surface area contributed by atoms with E-state index in [1.54, 1.807) is 0 Å². The van der Waals surface area contributed by atoms with Gasteiger partial charge < -0.3 is 10.5 Å². The summed E-state index contributed by atoms with van der Waals surface area (Å²) in [5.74, 6) is -0.103. The predicted molar refractivity (Wildman–Crippen MR) is 73.6 cm³/mol. The van der Waals surface area contributed by atoms with Crippen molar-refractivity contribution in [1.29, 1.82) is 0 Å². The molecule has 0 saturated carbocycles. The second-order valence-corrected chi connectivity index (χ2v) is 7.45. The van der Waals surface area contributed by atoms with Crippen molar-refractivity contribution in [3.63, 3.8) is 0 Å². The van der Waals surface area contributed by atoms with Gasteiger partial charge in [0, 0.05) is 5.69 Å². The molecule has 0 aliphatic heterocycles. The first kappa shape index (κ1) is 15.3. The van der Waals surface area contributed by atoms with Crippen LogP contribution >= 0.6 is 11.6 Å². The highest BCUT2D eigenvalue weighted by Gasteiger charge is 2.19. The van der Waals surface area contributed by atoms with E-state index in [9.17, 15) is 8.42 Å². The van der Waals surface area contributed by atoms with Crippen LogP contribution in [-0.4, -0.2) is 26.4 Å². The number of rotatable bonds is 4. The third-order valence-electron chi connectivity index (χ3n) is 2.18. The number of hydrogen-bond donors (Lipinski definition) is 1. The van der Waals surface area contributed by atoms with Crippen molar-refractivity contribution >= 4 is 27.1 Å². The van der Waals surface area contributed by atoms with Gasteiger partial charge >= 0.3 is 0 Å². The minimum atomic E-state index is -3.44. The van der Waals surface area contributed by atoms with Crippen molar-refractivity contribution in [2.24, 2.45) is 0 Å². The molecule has 1 aromatic carbocycles. The normalized spacial score (nSPS) is 12.7. The SMILES string of the molecule is CC(C)(C)OCCS(=O)(=O)c1ccc(N)cc1Cl. The number of anilines is 1. The Hall–Kier alpha value is -0.780. The summed E-state index contributed by atoms with van der Waals surface area (Å²) in [6, 6.07) is 4.37. The van der Waals surface area contributed by atoms with Crippen LogP contribution in [0, 0.1) is 0 Å². The number of benzene rings is 1. The quantitative estimate of drug-likeness (QED) is 0.866. The van der Waals surface area contributed by atoms with E-state index in [1.807, 2.05) is 20.8 Å². The molecule has 6 heteroatoms. The number of nitrogens with two attached hydrogens (primary N) is 1. The van der Waals surface area contributed by atoms with Gasteiger partial charge in [-0.25, -0.2) is 8.42 Å². The lowest BCUT2D eigenvalue weighted by molar-refractivity contribution is 0.00645. The molecule has 0 amide bonds. The third-order valence-corrected chi connectivity index (χ3v) is 4.33. The first-order valence-corrected chi connectivity index (χ1v) is 7.56. The molecule has 0 aromatic heterocycles. The standard InChI is InChI=1S/C12H18ClNO3S/c1-12(2,3)17-6-7-18(15,16)11-5-4-9(14)8-10(11)13/h4-5,8H,6-7,14H2,1-3H3. The van der Waals surface area contributed by atoms with Crippen molar-refractivity contribution in [3.05, 3.63) is 23.2 Å². The van der Waals surface area contributed by atoms with Crippen molar-refractivity contribution in [1.82, 2.24) is 0 Å². The summed E-state index contributed by atoms with van der Waals surface area (Å²) >= 11 is 5.88. The topological polar surface area (TPSA) is 69.4 Å². The average Bonchev–Trinajstić information content (AvgIpc) is 2.13. The van der Waals surface area contributed by atoms with Crippen LogP contribution in [0.15, 0.2) is 23.1 Å². The Morgan fingerprint density at radius 1 is 1.33 bits per heavy atom. The van der Waals surface area contributed by atoms with Crippen LogP contribution in [0.25, 0.3) is 0 Å². The Kier molecular flexibility index (Phi) is 4.64. The van der Waals surface area contributed by atoms with Crippen LogP contribution in [0.4, 0.5) is 5.69 Å². The monoisotopic (exact) mass is 291 g/mol. The highest BCUT2D eigenvalue weighted by molar-refractivity contribution is 7.91. The molecular weight excluding hydrogens is 274 g/mol. The first-order valence-electron chi connectivity index (χ1n) is 5.53. The summed E-state index contributed by atoms with van der Waals surface area (Å²) in [5, 5.41) is 0.144. The van der Waals surface area contributed by atoms with Gasteiger partial charge in [-0.1, -0.05) is 11.6 Å². The van der Waals surface area contributed by atoms with Crippen molar-refractivity contribution < 1.29 is 13.2 Å². The lowest BCUT2D eigenvalue weighted by Crippen LogP contribution is -2.23. The highest BCUT2D eigenvalue weighted by atomic mass is 35.5. The Balaban J connectivity index is 2.81. The molecule has 0 saturated heterocycles. The summed E-state index contributed by atoms with van der Waals surface area (Å²) in [6.45, 7) is 5.74. The highest BCUT2D eigenvalue weighted by Crippen LogP contribution is 2.24. The van der Waals surface area contributed by atoms with Gasteiger partial charge in [-0.3, -0.25) is 0 Å². The van der Waals surface area contributed by atoms with E-state index in [4.69, 9.17) is 22.1 Å². The summed E-state index contributed by atoms with van der Waals surface area (Å²) in [6.07, 6.45) is 0. The second kappa shape index (κ2) is 5.47. The maximum Gasteiger partial charge on any atom is 0.182 e. The zero-order valence-electron chi connectivity index (χ0n) is 10.7. The number of sulfone groups is 1. The van der Waals surface area contributed by atoms with Crippen molar-refractivity contribution in [2.75, 3.05) is 18.1 Å². The maximum absolute atomic E-state index is 12.0. The molecule has 0 fully saturated rings. The molecule has 0 heterocycles. The number of nitrogen functional groups attached to an aromatic ring is 1. The van der Waals surface area contributed by atoms with E-state index in [0.717, 1.165) is 0 Å². The Morgan fingerprint density at radius 3 is 2.44 bits per heavy atom. The molecule has 102 valence electrons. The number of hydrogen-bond acceptors (Lipinski definition) is 4. The summed E-state index contributed by atoms with van der Waals surface area (Å²) in [7, 11) is -3.44. The van der Waals surface area contributed by atoms with E-state index in [-0.39, 0.29) is 27.9 Å². The van der Waals surface area contributed by atoms with Crippen LogP contribution in [0.2, 0.25) is 5.02 Å². The molecule has 0 unspecified atom stereocenters. The minimum absolute atomic E-state index is 0.0934. The summed E-state index contributed by atoms with van der Waals surface area (Å²) < 4.78 is 29.5. The fraction of sp³-hybridized carbons (Fsp3) is 0.500. The molecule has 18 heavy (non-hydrogen) atoms. The van der Waals surface area contributed by atoms with Gasteiger partial charge in [-0.2, -0.15) is 0 Å². The molecule has 0 spiro atoms. The molecule has 1 rings (SSSR count). The van der Waals surface area contributed by atoms with Crippen molar-refractivity contribution in [3.8, 4) is 0 Å². The van der Waals surface area contributed by atoms with E-state index < -0.39 is 9.84 Å². The molecule has 2 N–H and O–H groups in total. The average molecular weight is 292 g/mol. The van der Waals surface area contributed by atoms with Crippen LogP contribution < -0.4 is 5.73 Å². The fourth-order valence-electron chi connectivity index (χ4n) is 1.34. The number of halogens is 1. The van der Waals surface area contributed by atoms with Gasteiger partial charge in [0.05, 0.1) is 27.9 Å². The van der Waals surface area contributed by atoms with Gasteiger partial charge in [-0.05, 0) is 39.0 Å².